The van der Waals surface area contributed by atoms with Crippen molar-refractivity contribution in [3.63, 3.8) is 0 Å². The number of nitrogens with zero attached hydrogens (tertiary/aromatic N) is 2. The number of amides is 3. The van der Waals surface area contributed by atoms with Crippen molar-refractivity contribution in [2.75, 3.05) is 33.2 Å². The summed E-state index contributed by atoms with van der Waals surface area (Å²) in [6.45, 7) is 4.20. The molecule has 222 valence electrons. The van der Waals surface area contributed by atoms with Gasteiger partial charge in [-0.25, -0.2) is 8.78 Å². The first-order chi connectivity index (χ1) is 19.8. The van der Waals surface area contributed by atoms with Gasteiger partial charge in [-0.05, 0) is 67.6 Å². The Hall–Kier alpha value is -3.37. The third-order valence-corrected chi connectivity index (χ3v) is 8.10. The maximum absolute atomic E-state index is 14.1. The predicted octanol–water partition coefficient (Wildman–Crippen LogP) is 2.41. The van der Waals surface area contributed by atoms with Crippen LogP contribution in [0, 0.1) is 11.6 Å². The van der Waals surface area contributed by atoms with Crippen LogP contribution in [-0.2, 0) is 27.2 Å². The number of carbonyl (C=O) groups is 3. The Balaban J connectivity index is 1.52. The molecule has 0 saturated carbocycles. The van der Waals surface area contributed by atoms with Gasteiger partial charge in [-0.1, -0.05) is 37.6 Å². The number of hydrogen-bond donors (Lipinski definition) is 3. The Kier molecular flexibility index (Phi) is 10.8. The number of rotatable bonds is 11. The van der Waals surface area contributed by atoms with E-state index >= 15 is 0 Å². The fourth-order valence-corrected chi connectivity index (χ4v) is 5.87. The first-order valence-corrected chi connectivity index (χ1v) is 14.6. The molecule has 2 fully saturated rings. The number of hydrogen-bond acceptors (Lipinski definition) is 5. The lowest BCUT2D eigenvalue weighted by molar-refractivity contribution is -0.142. The molecule has 0 spiro atoms. The fourth-order valence-electron chi connectivity index (χ4n) is 5.87. The van der Waals surface area contributed by atoms with Gasteiger partial charge in [0.25, 0.3) is 0 Å². The van der Waals surface area contributed by atoms with E-state index in [9.17, 15) is 23.2 Å². The molecule has 2 aromatic rings. The molecule has 4 unspecified atom stereocenters. The smallest absolute Gasteiger partial charge is 0.245 e. The number of nitrogens with one attached hydrogen (secondary N) is 3. The van der Waals surface area contributed by atoms with E-state index in [2.05, 4.69) is 27.8 Å². The molecule has 2 aromatic carbocycles. The molecular formula is C31H41F2N5O3. The third kappa shape index (κ3) is 8.10. The Morgan fingerprint density at radius 1 is 0.976 bits per heavy atom. The van der Waals surface area contributed by atoms with Crippen molar-refractivity contribution in [1.29, 1.82) is 0 Å². The molecular weight excluding hydrogens is 528 g/mol. The second-order valence-corrected chi connectivity index (χ2v) is 11.0. The molecule has 0 radical (unpaired) electrons. The van der Waals surface area contributed by atoms with Crippen LogP contribution in [0.15, 0.2) is 48.5 Å². The van der Waals surface area contributed by atoms with E-state index in [1.165, 1.54) is 24.3 Å². The molecule has 4 atom stereocenters. The van der Waals surface area contributed by atoms with Gasteiger partial charge in [-0.2, -0.15) is 0 Å². The van der Waals surface area contributed by atoms with Gasteiger partial charge in [-0.15, -0.1) is 0 Å². The number of piperazine rings is 1. The Bertz CT molecular complexity index is 1170. The summed E-state index contributed by atoms with van der Waals surface area (Å²) < 4.78 is 27.0. The topological polar surface area (TPSA) is 93.8 Å². The van der Waals surface area contributed by atoms with Crippen LogP contribution < -0.4 is 16.0 Å². The molecule has 2 aliphatic rings. The first-order valence-electron chi connectivity index (χ1n) is 14.6. The van der Waals surface area contributed by atoms with E-state index in [0.717, 1.165) is 43.4 Å². The van der Waals surface area contributed by atoms with E-state index in [0.29, 0.717) is 26.1 Å². The molecule has 0 aliphatic carbocycles. The molecule has 10 heteroatoms. The summed E-state index contributed by atoms with van der Waals surface area (Å²) in [4.78, 5) is 44.0. The Labute approximate surface area is 240 Å². The SMILES string of the molecule is CCCC1CN(C(Cc2ccc(F)cc2)C(=O)NC)CCN1C(=O)C(Cc1ccc(F)cc1)NC(=O)C1CCCN1. The normalized spacial score (nSPS) is 20.8. The minimum Gasteiger partial charge on any atom is -0.358 e. The lowest BCUT2D eigenvalue weighted by Gasteiger charge is -2.45. The lowest BCUT2D eigenvalue weighted by Crippen LogP contribution is -2.63. The maximum Gasteiger partial charge on any atom is 0.245 e. The van der Waals surface area contributed by atoms with Crippen molar-refractivity contribution in [2.24, 2.45) is 0 Å². The molecule has 8 nitrogen and oxygen atoms in total. The van der Waals surface area contributed by atoms with Crippen LogP contribution >= 0.6 is 0 Å². The van der Waals surface area contributed by atoms with Gasteiger partial charge in [-0.3, -0.25) is 19.3 Å². The van der Waals surface area contributed by atoms with Crippen LogP contribution in [0.1, 0.15) is 43.7 Å². The zero-order valence-corrected chi connectivity index (χ0v) is 23.9. The van der Waals surface area contributed by atoms with E-state index in [4.69, 9.17) is 0 Å². The standard InChI is InChI=1S/C31H41F2N5O3/c1-3-5-25-20-37(28(30(40)34-2)19-22-9-13-24(33)14-10-22)16-17-38(25)31(41)27(18-21-7-11-23(32)12-8-21)36-29(39)26-6-4-15-35-26/h7-14,25-28,35H,3-6,15-20H2,1-2H3,(H,34,40)(H,36,39). The minimum absolute atomic E-state index is 0.130. The summed E-state index contributed by atoms with van der Waals surface area (Å²) in [5.41, 5.74) is 1.61. The quantitative estimate of drug-likeness (QED) is 0.387. The van der Waals surface area contributed by atoms with Crippen LogP contribution in [0.5, 0.6) is 0 Å². The molecule has 3 N–H and O–H groups in total. The Morgan fingerprint density at radius 2 is 1.61 bits per heavy atom. The molecule has 0 bridgehead atoms. The van der Waals surface area contributed by atoms with Crippen molar-refractivity contribution in [2.45, 2.75) is 69.6 Å². The number of likely N-dealkylation sites (N-methyl/N-ethyl adjacent to an activating group) is 1. The van der Waals surface area contributed by atoms with E-state index in [1.807, 2.05) is 4.90 Å². The van der Waals surface area contributed by atoms with Crippen LogP contribution in [0.4, 0.5) is 8.78 Å². The monoisotopic (exact) mass is 569 g/mol. The van der Waals surface area contributed by atoms with Gasteiger partial charge >= 0.3 is 0 Å². The highest BCUT2D eigenvalue weighted by Crippen LogP contribution is 2.21. The largest absolute Gasteiger partial charge is 0.358 e. The highest BCUT2D eigenvalue weighted by atomic mass is 19.1. The molecule has 41 heavy (non-hydrogen) atoms. The van der Waals surface area contributed by atoms with Gasteiger partial charge < -0.3 is 20.9 Å². The lowest BCUT2D eigenvalue weighted by atomic mass is 9.98. The summed E-state index contributed by atoms with van der Waals surface area (Å²) in [5, 5.41) is 8.93. The zero-order valence-electron chi connectivity index (χ0n) is 23.9. The van der Waals surface area contributed by atoms with Gasteiger partial charge in [0.1, 0.15) is 17.7 Å². The average Bonchev–Trinajstić information content (AvgIpc) is 3.52. The highest BCUT2D eigenvalue weighted by molar-refractivity contribution is 5.90. The number of benzene rings is 2. The fraction of sp³-hybridized carbons (Fsp3) is 0.516. The Morgan fingerprint density at radius 3 is 2.17 bits per heavy atom. The number of halogens is 2. The second-order valence-electron chi connectivity index (χ2n) is 11.0. The van der Waals surface area contributed by atoms with Gasteiger partial charge in [0, 0.05) is 39.1 Å². The zero-order chi connectivity index (χ0) is 29.4. The van der Waals surface area contributed by atoms with Gasteiger partial charge in [0.05, 0.1) is 12.1 Å². The van der Waals surface area contributed by atoms with Crippen LogP contribution in [0.2, 0.25) is 0 Å². The molecule has 2 saturated heterocycles. The predicted molar refractivity (Wildman–Crippen MR) is 153 cm³/mol. The maximum atomic E-state index is 14.1. The molecule has 4 rings (SSSR count). The first kappa shape index (κ1) is 30.6. The van der Waals surface area contributed by atoms with E-state index in [1.54, 1.807) is 31.3 Å². The van der Waals surface area contributed by atoms with E-state index < -0.39 is 12.1 Å². The average molecular weight is 570 g/mol. The van der Waals surface area contributed by atoms with Crippen LogP contribution in [-0.4, -0.2) is 84.9 Å². The molecule has 0 aromatic heterocycles. The second kappa shape index (κ2) is 14.5. The summed E-state index contributed by atoms with van der Waals surface area (Å²) >= 11 is 0. The molecule has 2 heterocycles. The molecule has 2 aliphatic heterocycles. The van der Waals surface area contributed by atoms with Crippen molar-refractivity contribution in [3.05, 3.63) is 71.3 Å². The van der Waals surface area contributed by atoms with E-state index in [-0.39, 0.29) is 47.9 Å². The minimum atomic E-state index is -0.796. The van der Waals surface area contributed by atoms with Crippen molar-refractivity contribution >= 4 is 17.7 Å². The summed E-state index contributed by atoms with van der Waals surface area (Å²) in [6, 6.07) is 10.4. The van der Waals surface area contributed by atoms with Crippen molar-refractivity contribution in [1.82, 2.24) is 25.8 Å². The molecule has 3 amide bonds. The van der Waals surface area contributed by atoms with Gasteiger partial charge in [0.2, 0.25) is 17.7 Å². The third-order valence-electron chi connectivity index (χ3n) is 8.10. The van der Waals surface area contributed by atoms with Crippen molar-refractivity contribution < 1.29 is 23.2 Å². The van der Waals surface area contributed by atoms with Gasteiger partial charge in [0.15, 0.2) is 0 Å². The highest BCUT2D eigenvalue weighted by Gasteiger charge is 2.38. The summed E-state index contributed by atoms with van der Waals surface area (Å²) in [5.74, 6) is -1.19. The summed E-state index contributed by atoms with van der Waals surface area (Å²) in [6.07, 6.45) is 3.87. The number of carbonyl (C=O) groups excluding carboxylic acids is 3. The van der Waals surface area contributed by atoms with Crippen LogP contribution in [0.3, 0.4) is 0 Å². The van der Waals surface area contributed by atoms with Crippen LogP contribution in [0.25, 0.3) is 0 Å². The van der Waals surface area contributed by atoms with Crippen molar-refractivity contribution in [3.8, 4) is 0 Å². The summed E-state index contributed by atoms with van der Waals surface area (Å²) in [7, 11) is 1.60.